The van der Waals surface area contributed by atoms with E-state index in [1.807, 2.05) is 24.3 Å². The molecule has 0 fully saturated rings. The lowest BCUT2D eigenvalue weighted by atomic mass is 10.0. The van der Waals surface area contributed by atoms with Crippen molar-refractivity contribution in [3.05, 3.63) is 61.5 Å². The van der Waals surface area contributed by atoms with E-state index >= 15 is 0 Å². The van der Waals surface area contributed by atoms with Gasteiger partial charge in [0.05, 0.1) is 11.2 Å². The largest absolute Gasteiger partial charge is 0.325 e. The van der Waals surface area contributed by atoms with Crippen LogP contribution in [0.1, 0.15) is 21.5 Å². The monoisotopic (exact) mass is 447 g/mol. The molecule has 2 aromatic carbocycles. The number of hydrogen-bond donors (Lipinski definition) is 1. The number of rotatable bonds is 2. The normalized spacial score (nSPS) is 14.8. The van der Waals surface area contributed by atoms with Crippen molar-refractivity contribution in [2.24, 2.45) is 0 Å². The van der Waals surface area contributed by atoms with Gasteiger partial charge in [0.1, 0.15) is 0 Å². The van der Waals surface area contributed by atoms with Gasteiger partial charge >= 0.3 is 0 Å². The standard InChI is InChI=1S/C15H9Br2Cl2NO/c16-11-2-1-8(18)5-9(11)15(17)10-3-7-4-14(21)20-13(7)6-12(10)19/h1-3,5-6,15H,4H2,(H,20,21). The van der Waals surface area contributed by atoms with Crippen molar-refractivity contribution in [3.8, 4) is 0 Å². The quantitative estimate of drug-likeness (QED) is 0.582. The maximum absolute atomic E-state index is 11.5. The Balaban J connectivity index is 2.06. The molecule has 2 nitrogen and oxygen atoms in total. The SMILES string of the molecule is O=C1Cc2cc(C(Br)c3cc(Cl)ccc3Br)c(Cl)cc2N1. The topological polar surface area (TPSA) is 29.1 Å². The van der Waals surface area contributed by atoms with Crippen molar-refractivity contribution in [2.45, 2.75) is 11.2 Å². The molecule has 3 rings (SSSR count). The van der Waals surface area contributed by atoms with E-state index < -0.39 is 0 Å². The first-order valence-electron chi connectivity index (χ1n) is 6.17. The Kier molecular flexibility index (Phi) is 4.33. The van der Waals surface area contributed by atoms with Crippen LogP contribution in [0.4, 0.5) is 5.69 Å². The molecule has 2 aromatic rings. The van der Waals surface area contributed by atoms with E-state index in [4.69, 9.17) is 23.2 Å². The molecule has 0 radical (unpaired) electrons. The summed E-state index contributed by atoms with van der Waals surface area (Å²) in [5.41, 5.74) is 3.65. The van der Waals surface area contributed by atoms with Crippen molar-refractivity contribution < 1.29 is 4.79 Å². The molecule has 0 saturated heterocycles. The minimum absolute atomic E-state index is 0.00623. The van der Waals surface area contributed by atoms with E-state index in [-0.39, 0.29) is 10.7 Å². The molecule has 0 aromatic heterocycles. The Morgan fingerprint density at radius 2 is 1.90 bits per heavy atom. The molecule has 1 amide bonds. The summed E-state index contributed by atoms with van der Waals surface area (Å²) >= 11 is 19.6. The zero-order valence-electron chi connectivity index (χ0n) is 10.6. The molecule has 21 heavy (non-hydrogen) atoms. The number of amides is 1. The minimum atomic E-state index is -0.112. The number of nitrogens with one attached hydrogen (secondary N) is 1. The lowest BCUT2D eigenvalue weighted by molar-refractivity contribution is -0.115. The van der Waals surface area contributed by atoms with Crippen molar-refractivity contribution in [3.63, 3.8) is 0 Å². The lowest BCUT2D eigenvalue weighted by Gasteiger charge is -2.16. The predicted octanol–water partition coefficient (Wildman–Crippen LogP) is 5.73. The van der Waals surface area contributed by atoms with Crippen LogP contribution in [0.15, 0.2) is 34.8 Å². The van der Waals surface area contributed by atoms with Gasteiger partial charge in [-0.25, -0.2) is 0 Å². The van der Waals surface area contributed by atoms with Gasteiger partial charge in [-0.15, -0.1) is 0 Å². The van der Waals surface area contributed by atoms with Gasteiger partial charge in [0.15, 0.2) is 0 Å². The zero-order valence-corrected chi connectivity index (χ0v) is 15.3. The summed E-state index contributed by atoms with van der Waals surface area (Å²) in [4.78, 5) is 11.4. The highest BCUT2D eigenvalue weighted by molar-refractivity contribution is 9.11. The van der Waals surface area contributed by atoms with Gasteiger partial charge < -0.3 is 5.32 Å². The van der Waals surface area contributed by atoms with Crippen LogP contribution in [-0.2, 0) is 11.2 Å². The summed E-state index contributed by atoms with van der Waals surface area (Å²) < 4.78 is 0.944. The number of benzene rings is 2. The average molecular weight is 450 g/mol. The molecule has 0 saturated carbocycles. The van der Waals surface area contributed by atoms with Crippen LogP contribution < -0.4 is 5.32 Å². The fourth-order valence-electron chi connectivity index (χ4n) is 2.34. The molecule has 1 N–H and O–H groups in total. The highest BCUT2D eigenvalue weighted by Crippen LogP contribution is 2.42. The van der Waals surface area contributed by atoms with Gasteiger partial charge in [-0.1, -0.05) is 61.1 Å². The molecule has 1 unspecified atom stereocenters. The first kappa shape index (κ1) is 15.3. The van der Waals surface area contributed by atoms with Crippen molar-refractivity contribution in [1.82, 2.24) is 0 Å². The summed E-state index contributed by atoms with van der Waals surface area (Å²) in [6.45, 7) is 0. The molecule has 6 heteroatoms. The molecule has 1 aliphatic heterocycles. The fourth-order valence-corrected chi connectivity index (χ4v) is 4.46. The number of fused-ring (bicyclic) bond motifs is 1. The van der Waals surface area contributed by atoms with E-state index in [9.17, 15) is 4.79 Å². The maximum Gasteiger partial charge on any atom is 0.228 e. The van der Waals surface area contributed by atoms with E-state index in [0.29, 0.717) is 16.5 Å². The molecule has 0 bridgehead atoms. The first-order valence-corrected chi connectivity index (χ1v) is 8.63. The average Bonchev–Trinajstić information content (AvgIpc) is 2.79. The van der Waals surface area contributed by atoms with Gasteiger partial charge in [0, 0.05) is 20.2 Å². The van der Waals surface area contributed by atoms with Crippen LogP contribution in [0.5, 0.6) is 0 Å². The zero-order chi connectivity index (χ0) is 15.1. The molecule has 1 aliphatic rings. The molecular weight excluding hydrogens is 441 g/mol. The summed E-state index contributed by atoms with van der Waals surface area (Å²) in [5, 5.41) is 4.06. The Bertz CT molecular complexity index is 749. The maximum atomic E-state index is 11.5. The second-order valence-electron chi connectivity index (χ2n) is 4.78. The Morgan fingerprint density at radius 1 is 1.14 bits per heavy atom. The lowest BCUT2D eigenvalue weighted by Crippen LogP contribution is -2.03. The smallest absolute Gasteiger partial charge is 0.228 e. The number of carbonyl (C=O) groups excluding carboxylic acids is 1. The third kappa shape index (κ3) is 3.00. The first-order chi connectivity index (χ1) is 9.95. The minimum Gasteiger partial charge on any atom is -0.325 e. The summed E-state index contributed by atoms with van der Waals surface area (Å²) in [6.07, 6.45) is 0.385. The van der Waals surface area contributed by atoms with Gasteiger partial charge in [-0.2, -0.15) is 0 Å². The number of anilines is 1. The van der Waals surface area contributed by atoms with Crippen LogP contribution in [0, 0.1) is 0 Å². The molecule has 0 aliphatic carbocycles. The summed E-state index contributed by atoms with van der Waals surface area (Å²) in [5.74, 6) is -0.00623. The molecule has 108 valence electrons. The van der Waals surface area contributed by atoms with Crippen LogP contribution in [0.25, 0.3) is 0 Å². The van der Waals surface area contributed by atoms with E-state index in [2.05, 4.69) is 37.2 Å². The predicted molar refractivity (Wildman–Crippen MR) is 93.7 cm³/mol. The fraction of sp³-hybridized carbons (Fsp3) is 0.133. The molecule has 1 heterocycles. The van der Waals surface area contributed by atoms with Gasteiger partial charge in [-0.3, -0.25) is 4.79 Å². The van der Waals surface area contributed by atoms with E-state index in [0.717, 1.165) is 26.9 Å². The summed E-state index contributed by atoms with van der Waals surface area (Å²) in [7, 11) is 0. The second-order valence-corrected chi connectivity index (χ2v) is 7.40. The van der Waals surface area contributed by atoms with Crippen LogP contribution in [-0.4, -0.2) is 5.91 Å². The second kappa shape index (κ2) is 5.92. The van der Waals surface area contributed by atoms with E-state index in [1.54, 1.807) is 6.07 Å². The molecule has 0 spiro atoms. The van der Waals surface area contributed by atoms with Gasteiger partial charge in [0.2, 0.25) is 5.91 Å². The third-order valence-corrected chi connectivity index (χ3v) is 5.62. The van der Waals surface area contributed by atoms with Crippen LogP contribution in [0.3, 0.4) is 0 Å². The Morgan fingerprint density at radius 3 is 2.67 bits per heavy atom. The Labute approximate surface area is 149 Å². The highest BCUT2D eigenvalue weighted by atomic mass is 79.9. The van der Waals surface area contributed by atoms with Crippen molar-refractivity contribution in [1.29, 1.82) is 0 Å². The highest BCUT2D eigenvalue weighted by Gasteiger charge is 2.23. The van der Waals surface area contributed by atoms with E-state index in [1.165, 1.54) is 0 Å². The summed E-state index contributed by atoms with van der Waals surface area (Å²) in [6, 6.07) is 9.37. The molecular formula is C15H9Br2Cl2NO. The van der Waals surface area contributed by atoms with Gasteiger partial charge in [-0.05, 0) is 41.0 Å². The van der Waals surface area contributed by atoms with Crippen LogP contribution >= 0.6 is 55.1 Å². The molecule has 1 atom stereocenters. The van der Waals surface area contributed by atoms with Crippen molar-refractivity contribution >= 4 is 66.7 Å². The number of alkyl halides is 1. The number of hydrogen-bond acceptors (Lipinski definition) is 1. The number of halogens is 4. The number of carbonyl (C=O) groups is 1. The van der Waals surface area contributed by atoms with Crippen LogP contribution in [0.2, 0.25) is 10.0 Å². The van der Waals surface area contributed by atoms with Crippen molar-refractivity contribution in [2.75, 3.05) is 5.32 Å². The Hall–Kier alpha value is -0.550. The van der Waals surface area contributed by atoms with Gasteiger partial charge in [0.25, 0.3) is 0 Å². The third-order valence-electron chi connectivity index (χ3n) is 3.35.